The number of nitrogens with one attached hydrogen (secondary N) is 1. The highest BCUT2D eigenvalue weighted by Crippen LogP contribution is 2.36. The number of aryl methyl sites for hydroxylation is 1. The van der Waals surface area contributed by atoms with Crippen LogP contribution in [-0.4, -0.2) is 15.1 Å². The van der Waals surface area contributed by atoms with Gasteiger partial charge in [-0.1, -0.05) is 30.3 Å². The molecule has 0 saturated heterocycles. The van der Waals surface area contributed by atoms with Crippen molar-refractivity contribution in [2.75, 3.05) is 0 Å². The maximum Gasteiger partial charge on any atom is 0.138 e. The highest BCUT2D eigenvalue weighted by molar-refractivity contribution is 6.10. The molecule has 0 aliphatic heterocycles. The molecule has 102 valence electrons. The van der Waals surface area contributed by atoms with Crippen molar-refractivity contribution >= 4 is 21.9 Å². The van der Waals surface area contributed by atoms with Gasteiger partial charge in [-0.05, 0) is 41.8 Å². The van der Waals surface area contributed by atoms with Crippen LogP contribution in [0.5, 0.6) is 5.75 Å². The van der Waals surface area contributed by atoms with Crippen LogP contribution in [0.1, 0.15) is 5.56 Å². The first-order valence-electron chi connectivity index (χ1n) is 6.89. The number of nitrogens with zero attached hydrogens (tertiary/aromatic N) is 1. The van der Waals surface area contributed by atoms with Crippen molar-refractivity contribution in [2.24, 2.45) is 0 Å². The summed E-state index contributed by atoms with van der Waals surface area (Å²) in [6.45, 7) is 2.00. The Morgan fingerprint density at radius 3 is 2.62 bits per heavy atom. The topological polar surface area (TPSA) is 48.9 Å². The lowest BCUT2D eigenvalue weighted by molar-refractivity contribution is 0.482. The molecule has 4 rings (SSSR count). The second kappa shape index (κ2) is 4.35. The number of rotatable bonds is 1. The number of phenols is 1. The molecule has 0 aliphatic rings. The Balaban J connectivity index is 2.05. The Bertz CT molecular complexity index is 955. The third-order valence-corrected chi connectivity index (χ3v) is 3.77. The van der Waals surface area contributed by atoms with Crippen LogP contribution < -0.4 is 0 Å². The van der Waals surface area contributed by atoms with Crippen molar-refractivity contribution in [2.45, 2.75) is 6.92 Å². The summed E-state index contributed by atoms with van der Waals surface area (Å²) in [4.78, 5) is 7.68. The maximum atomic E-state index is 10.4. The average Bonchev–Trinajstić information content (AvgIpc) is 2.86. The molecule has 0 aliphatic carbocycles. The van der Waals surface area contributed by atoms with E-state index in [9.17, 15) is 5.11 Å². The quantitative estimate of drug-likeness (QED) is 0.540. The first kappa shape index (κ1) is 12.0. The van der Waals surface area contributed by atoms with Gasteiger partial charge in [0, 0.05) is 11.6 Å². The third-order valence-electron chi connectivity index (χ3n) is 3.77. The molecule has 0 saturated carbocycles. The summed E-state index contributed by atoms with van der Waals surface area (Å²) < 4.78 is 0. The molecule has 0 radical (unpaired) electrons. The van der Waals surface area contributed by atoms with Crippen LogP contribution in [0.3, 0.4) is 0 Å². The van der Waals surface area contributed by atoms with E-state index in [1.165, 1.54) is 0 Å². The standard InChI is InChI=1S/C18H14N2O/c1-11-7-14-17-15(20-18(14)19-10-11)8-13(9-16(17)21)12-5-3-2-4-6-12/h2-10,21H,1H3,(H,19,20). The summed E-state index contributed by atoms with van der Waals surface area (Å²) in [7, 11) is 0. The number of fused-ring (bicyclic) bond motifs is 3. The minimum absolute atomic E-state index is 0.282. The van der Waals surface area contributed by atoms with Gasteiger partial charge in [-0.15, -0.1) is 0 Å². The predicted octanol–water partition coefficient (Wildman–Crippen LogP) is 4.40. The van der Waals surface area contributed by atoms with E-state index >= 15 is 0 Å². The number of aromatic amines is 1. The Hall–Kier alpha value is -2.81. The number of H-pyrrole nitrogens is 1. The molecule has 0 spiro atoms. The zero-order chi connectivity index (χ0) is 14.4. The third kappa shape index (κ3) is 1.86. The van der Waals surface area contributed by atoms with Crippen LogP contribution in [-0.2, 0) is 0 Å². The number of pyridine rings is 1. The van der Waals surface area contributed by atoms with Crippen LogP contribution in [0, 0.1) is 6.92 Å². The Morgan fingerprint density at radius 2 is 1.81 bits per heavy atom. The van der Waals surface area contributed by atoms with E-state index in [-0.39, 0.29) is 5.75 Å². The van der Waals surface area contributed by atoms with Crippen LogP contribution >= 0.6 is 0 Å². The smallest absolute Gasteiger partial charge is 0.138 e. The zero-order valence-electron chi connectivity index (χ0n) is 11.6. The van der Waals surface area contributed by atoms with Crippen molar-refractivity contribution in [3.05, 3.63) is 60.3 Å². The molecule has 2 aromatic carbocycles. The van der Waals surface area contributed by atoms with Gasteiger partial charge in [-0.3, -0.25) is 0 Å². The summed E-state index contributed by atoms with van der Waals surface area (Å²) >= 11 is 0. The molecule has 0 atom stereocenters. The fourth-order valence-electron chi connectivity index (χ4n) is 2.79. The van der Waals surface area contributed by atoms with Crippen LogP contribution in [0.15, 0.2) is 54.7 Å². The second-order valence-electron chi connectivity index (χ2n) is 5.32. The second-order valence-corrected chi connectivity index (χ2v) is 5.32. The maximum absolute atomic E-state index is 10.4. The number of aromatic nitrogens is 2. The van der Waals surface area contributed by atoms with E-state index in [1.807, 2.05) is 55.6 Å². The van der Waals surface area contributed by atoms with Crippen LogP contribution in [0.25, 0.3) is 33.1 Å². The molecule has 2 N–H and O–H groups in total. The van der Waals surface area contributed by atoms with Crippen LogP contribution in [0.2, 0.25) is 0 Å². The molecular formula is C18H14N2O. The Kier molecular flexibility index (Phi) is 2.48. The van der Waals surface area contributed by atoms with Gasteiger partial charge in [0.15, 0.2) is 0 Å². The number of benzene rings is 2. The molecule has 21 heavy (non-hydrogen) atoms. The fraction of sp³-hybridized carbons (Fsp3) is 0.0556. The van der Waals surface area contributed by atoms with Gasteiger partial charge in [-0.2, -0.15) is 0 Å². The molecule has 0 amide bonds. The first-order valence-corrected chi connectivity index (χ1v) is 6.89. The van der Waals surface area contributed by atoms with Crippen molar-refractivity contribution in [3.8, 4) is 16.9 Å². The van der Waals surface area contributed by atoms with Gasteiger partial charge >= 0.3 is 0 Å². The lowest BCUT2D eigenvalue weighted by Crippen LogP contribution is -1.79. The molecule has 0 unspecified atom stereocenters. The highest BCUT2D eigenvalue weighted by Gasteiger charge is 2.12. The minimum Gasteiger partial charge on any atom is -0.507 e. The lowest BCUT2D eigenvalue weighted by Gasteiger charge is -2.04. The molecule has 2 aromatic heterocycles. The fourth-order valence-corrected chi connectivity index (χ4v) is 2.79. The van der Waals surface area contributed by atoms with E-state index in [4.69, 9.17) is 0 Å². The van der Waals surface area contributed by atoms with E-state index in [2.05, 4.69) is 16.0 Å². The van der Waals surface area contributed by atoms with E-state index in [0.29, 0.717) is 0 Å². The van der Waals surface area contributed by atoms with E-state index in [0.717, 1.165) is 38.6 Å². The Morgan fingerprint density at radius 1 is 1.00 bits per heavy atom. The highest BCUT2D eigenvalue weighted by atomic mass is 16.3. The lowest BCUT2D eigenvalue weighted by atomic mass is 10.0. The molecular weight excluding hydrogens is 260 g/mol. The molecule has 3 nitrogen and oxygen atoms in total. The van der Waals surface area contributed by atoms with Gasteiger partial charge in [0.1, 0.15) is 11.4 Å². The number of hydrogen-bond donors (Lipinski definition) is 2. The summed E-state index contributed by atoms with van der Waals surface area (Å²) in [5.74, 6) is 0.282. The number of hydrogen-bond acceptors (Lipinski definition) is 2. The number of aromatic hydroxyl groups is 1. The summed E-state index contributed by atoms with van der Waals surface area (Å²) in [6, 6.07) is 16.0. The SMILES string of the molecule is Cc1cnc2[nH]c3cc(-c4ccccc4)cc(O)c3c2c1. The minimum atomic E-state index is 0.282. The van der Waals surface area contributed by atoms with E-state index in [1.54, 1.807) is 0 Å². The zero-order valence-corrected chi connectivity index (χ0v) is 11.6. The molecule has 4 aromatic rings. The Labute approximate surface area is 121 Å². The van der Waals surface area contributed by atoms with E-state index < -0.39 is 0 Å². The molecule has 3 heteroatoms. The van der Waals surface area contributed by atoms with Crippen molar-refractivity contribution in [3.63, 3.8) is 0 Å². The van der Waals surface area contributed by atoms with Gasteiger partial charge < -0.3 is 10.1 Å². The van der Waals surface area contributed by atoms with Crippen molar-refractivity contribution in [1.29, 1.82) is 0 Å². The largest absolute Gasteiger partial charge is 0.507 e. The number of phenolic OH excluding ortho intramolecular Hbond substituents is 1. The van der Waals surface area contributed by atoms with Crippen molar-refractivity contribution < 1.29 is 5.11 Å². The monoisotopic (exact) mass is 274 g/mol. The van der Waals surface area contributed by atoms with Gasteiger partial charge in [0.2, 0.25) is 0 Å². The summed E-state index contributed by atoms with van der Waals surface area (Å²) in [5.41, 5.74) is 4.86. The van der Waals surface area contributed by atoms with Gasteiger partial charge in [0.25, 0.3) is 0 Å². The summed E-state index contributed by atoms with van der Waals surface area (Å²) in [5, 5.41) is 12.2. The van der Waals surface area contributed by atoms with Crippen molar-refractivity contribution in [1.82, 2.24) is 9.97 Å². The molecule has 0 fully saturated rings. The molecule has 2 heterocycles. The van der Waals surface area contributed by atoms with Crippen LogP contribution in [0.4, 0.5) is 0 Å². The average molecular weight is 274 g/mol. The van der Waals surface area contributed by atoms with Gasteiger partial charge in [-0.25, -0.2) is 4.98 Å². The summed E-state index contributed by atoms with van der Waals surface area (Å²) in [6.07, 6.45) is 1.83. The molecule has 0 bridgehead atoms. The first-order chi connectivity index (χ1) is 10.2. The van der Waals surface area contributed by atoms with Gasteiger partial charge in [0.05, 0.1) is 10.9 Å². The predicted molar refractivity (Wildman–Crippen MR) is 85.4 cm³/mol. The normalized spacial score (nSPS) is 11.3.